The molecule has 25 heavy (non-hydrogen) atoms. The molecule has 3 rings (SSSR count). The SMILES string of the molecule is COc1ccc(CCNS(=O)(=O)c2cccc3ccccc23)cc1Br. The number of fused-ring (bicyclic) bond motifs is 1. The van der Waals surface area contributed by atoms with Gasteiger partial charge in [0.1, 0.15) is 5.75 Å². The van der Waals surface area contributed by atoms with E-state index >= 15 is 0 Å². The fourth-order valence-electron chi connectivity index (χ4n) is 2.70. The van der Waals surface area contributed by atoms with Crippen LogP contribution in [0.25, 0.3) is 10.8 Å². The predicted molar refractivity (Wildman–Crippen MR) is 104 cm³/mol. The Bertz CT molecular complexity index is 997. The highest BCUT2D eigenvalue weighted by atomic mass is 79.9. The minimum absolute atomic E-state index is 0.307. The smallest absolute Gasteiger partial charge is 0.241 e. The minimum atomic E-state index is -3.57. The summed E-state index contributed by atoms with van der Waals surface area (Å²) in [4.78, 5) is 0.307. The first-order chi connectivity index (χ1) is 12.0. The number of methoxy groups -OCH3 is 1. The number of ether oxygens (including phenoxy) is 1. The Kier molecular flexibility index (Phi) is 5.42. The maximum atomic E-state index is 12.7. The summed E-state index contributed by atoms with van der Waals surface area (Å²) in [7, 11) is -1.96. The van der Waals surface area contributed by atoms with Gasteiger partial charge in [0.2, 0.25) is 10.0 Å². The van der Waals surface area contributed by atoms with E-state index in [1.54, 1.807) is 19.2 Å². The Hall–Kier alpha value is -1.89. The summed E-state index contributed by atoms with van der Waals surface area (Å²) in [6.45, 7) is 0.324. The van der Waals surface area contributed by atoms with Gasteiger partial charge in [-0.3, -0.25) is 0 Å². The van der Waals surface area contributed by atoms with Gasteiger partial charge in [-0.25, -0.2) is 13.1 Å². The number of rotatable bonds is 6. The van der Waals surface area contributed by atoms with Gasteiger partial charge in [0, 0.05) is 11.9 Å². The first-order valence-electron chi connectivity index (χ1n) is 7.81. The number of hydrogen-bond acceptors (Lipinski definition) is 3. The van der Waals surface area contributed by atoms with Crippen LogP contribution >= 0.6 is 15.9 Å². The molecule has 1 N–H and O–H groups in total. The average molecular weight is 420 g/mol. The molecular formula is C19H18BrNO3S. The zero-order valence-electron chi connectivity index (χ0n) is 13.7. The van der Waals surface area contributed by atoms with Crippen molar-refractivity contribution in [3.63, 3.8) is 0 Å². The Morgan fingerprint density at radius 2 is 1.80 bits per heavy atom. The molecule has 0 aliphatic rings. The molecule has 6 heteroatoms. The lowest BCUT2D eigenvalue weighted by Crippen LogP contribution is -2.26. The number of hydrogen-bond donors (Lipinski definition) is 1. The fraction of sp³-hybridized carbons (Fsp3) is 0.158. The maximum Gasteiger partial charge on any atom is 0.241 e. The van der Waals surface area contributed by atoms with Crippen LogP contribution in [-0.2, 0) is 16.4 Å². The predicted octanol–water partition coefficient (Wildman–Crippen LogP) is 4.13. The maximum absolute atomic E-state index is 12.7. The molecule has 0 fully saturated rings. The van der Waals surface area contributed by atoms with E-state index < -0.39 is 10.0 Å². The van der Waals surface area contributed by atoms with E-state index in [4.69, 9.17) is 4.74 Å². The minimum Gasteiger partial charge on any atom is -0.496 e. The van der Waals surface area contributed by atoms with E-state index in [2.05, 4.69) is 20.7 Å². The van der Waals surface area contributed by atoms with Crippen molar-refractivity contribution in [2.24, 2.45) is 0 Å². The molecule has 3 aromatic carbocycles. The van der Waals surface area contributed by atoms with Gasteiger partial charge in [-0.2, -0.15) is 0 Å². The summed E-state index contributed by atoms with van der Waals surface area (Å²) in [6, 6.07) is 18.5. The molecular weight excluding hydrogens is 402 g/mol. The van der Waals surface area contributed by atoms with Crippen molar-refractivity contribution >= 4 is 36.7 Å². The average Bonchev–Trinajstić information content (AvgIpc) is 2.61. The molecule has 0 aromatic heterocycles. The zero-order valence-corrected chi connectivity index (χ0v) is 16.1. The van der Waals surface area contributed by atoms with Gasteiger partial charge in [-0.15, -0.1) is 0 Å². The monoisotopic (exact) mass is 419 g/mol. The van der Waals surface area contributed by atoms with E-state index in [-0.39, 0.29) is 0 Å². The second kappa shape index (κ2) is 7.56. The van der Waals surface area contributed by atoms with Crippen LogP contribution in [-0.4, -0.2) is 22.1 Å². The summed E-state index contributed by atoms with van der Waals surface area (Å²) >= 11 is 3.44. The Balaban J connectivity index is 1.75. The van der Waals surface area contributed by atoms with Crippen molar-refractivity contribution in [2.45, 2.75) is 11.3 Å². The van der Waals surface area contributed by atoms with Crippen LogP contribution in [0.1, 0.15) is 5.56 Å². The van der Waals surface area contributed by atoms with Crippen LogP contribution in [0.15, 0.2) is 70.0 Å². The number of nitrogens with one attached hydrogen (secondary N) is 1. The molecule has 0 saturated carbocycles. The van der Waals surface area contributed by atoms with Gasteiger partial charge in [-0.05, 0) is 51.5 Å². The molecule has 0 aliphatic heterocycles. The Morgan fingerprint density at radius 1 is 1.04 bits per heavy atom. The normalized spacial score (nSPS) is 11.6. The topological polar surface area (TPSA) is 55.4 Å². The molecule has 0 spiro atoms. The number of sulfonamides is 1. The third kappa shape index (κ3) is 4.03. The highest BCUT2D eigenvalue weighted by Crippen LogP contribution is 2.26. The van der Waals surface area contributed by atoms with Crippen molar-refractivity contribution in [1.82, 2.24) is 4.72 Å². The summed E-state index contributed by atoms with van der Waals surface area (Å²) < 4.78 is 34.1. The molecule has 4 nitrogen and oxygen atoms in total. The summed E-state index contributed by atoms with van der Waals surface area (Å²) in [5.41, 5.74) is 1.02. The van der Waals surface area contributed by atoms with Gasteiger partial charge in [0.05, 0.1) is 16.5 Å². The van der Waals surface area contributed by atoms with E-state index in [0.717, 1.165) is 26.6 Å². The molecule has 3 aromatic rings. The number of halogens is 1. The van der Waals surface area contributed by atoms with E-state index in [1.807, 2.05) is 48.5 Å². The van der Waals surface area contributed by atoms with Crippen molar-refractivity contribution in [3.8, 4) is 5.75 Å². The highest BCUT2D eigenvalue weighted by Gasteiger charge is 2.16. The van der Waals surface area contributed by atoms with Crippen molar-refractivity contribution < 1.29 is 13.2 Å². The second-order valence-electron chi connectivity index (χ2n) is 5.59. The summed E-state index contributed by atoms with van der Waals surface area (Å²) in [6.07, 6.45) is 0.590. The lowest BCUT2D eigenvalue weighted by atomic mass is 10.1. The summed E-state index contributed by atoms with van der Waals surface area (Å²) in [5, 5.41) is 1.63. The molecule has 0 amide bonds. The highest BCUT2D eigenvalue weighted by molar-refractivity contribution is 9.10. The first-order valence-corrected chi connectivity index (χ1v) is 10.1. The Labute approximate surface area is 156 Å². The van der Waals surface area contributed by atoms with Crippen LogP contribution in [0.4, 0.5) is 0 Å². The fourth-order valence-corrected chi connectivity index (χ4v) is 4.55. The quantitative estimate of drug-likeness (QED) is 0.653. The largest absolute Gasteiger partial charge is 0.496 e. The van der Waals surface area contributed by atoms with Gasteiger partial charge in [0.15, 0.2) is 0 Å². The summed E-state index contributed by atoms with van der Waals surface area (Å²) in [5.74, 6) is 0.750. The standard InChI is InChI=1S/C19H18BrNO3S/c1-24-18-10-9-14(13-17(18)20)11-12-21-25(22,23)19-8-4-6-15-5-2-3-7-16(15)19/h2-10,13,21H,11-12H2,1H3. The van der Waals surface area contributed by atoms with E-state index in [1.165, 1.54) is 0 Å². The van der Waals surface area contributed by atoms with Gasteiger partial charge in [0.25, 0.3) is 0 Å². The molecule has 0 saturated heterocycles. The van der Waals surface area contributed by atoms with Crippen molar-refractivity contribution in [3.05, 3.63) is 70.7 Å². The van der Waals surface area contributed by atoms with E-state index in [9.17, 15) is 8.42 Å². The van der Waals surface area contributed by atoms with Gasteiger partial charge < -0.3 is 4.74 Å². The molecule has 0 bridgehead atoms. The lowest BCUT2D eigenvalue weighted by molar-refractivity contribution is 0.412. The lowest BCUT2D eigenvalue weighted by Gasteiger charge is -2.10. The first kappa shape index (κ1) is 17.9. The molecule has 130 valence electrons. The molecule has 0 atom stereocenters. The van der Waals surface area contributed by atoms with Gasteiger partial charge >= 0.3 is 0 Å². The third-order valence-corrected chi connectivity index (χ3v) is 6.10. The van der Waals surface area contributed by atoms with Crippen LogP contribution in [0, 0.1) is 0 Å². The van der Waals surface area contributed by atoms with Crippen LogP contribution in [0.2, 0.25) is 0 Å². The molecule has 0 heterocycles. The second-order valence-corrected chi connectivity index (χ2v) is 8.18. The van der Waals surface area contributed by atoms with Crippen LogP contribution < -0.4 is 9.46 Å². The van der Waals surface area contributed by atoms with E-state index in [0.29, 0.717) is 17.9 Å². The van der Waals surface area contributed by atoms with Gasteiger partial charge in [-0.1, -0.05) is 42.5 Å². The molecule has 0 aliphatic carbocycles. The van der Waals surface area contributed by atoms with Crippen molar-refractivity contribution in [2.75, 3.05) is 13.7 Å². The van der Waals surface area contributed by atoms with Crippen molar-refractivity contribution in [1.29, 1.82) is 0 Å². The molecule has 0 radical (unpaired) electrons. The third-order valence-electron chi connectivity index (χ3n) is 3.96. The zero-order chi connectivity index (χ0) is 17.9. The number of benzene rings is 3. The Morgan fingerprint density at radius 3 is 2.56 bits per heavy atom. The van der Waals surface area contributed by atoms with Crippen LogP contribution in [0.3, 0.4) is 0 Å². The van der Waals surface area contributed by atoms with Crippen LogP contribution in [0.5, 0.6) is 5.75 Å². The molecule has 0 unspecified atom stereocenters.